The molecule has 3 rings (SSSR count). The third-order valence-electron chi connectivity index (χ3n) is 3.54. The second kappa shape index (κ2) is 6.09. The van der Waals surface area contributed by atoms with Crippen LogP contribution in [0.2, 0.25) is 5.02 Å². The summed E-state index contributed by atoms with van der Waals surface area (Å²) in [5, 5.41) is 2.69. The first-order valence-electron chi connectivity index (χ1n) is 7.11. The van der Waals surface area contributed by atoms with E-state index in [1.165, 1.54) is 18.3 Å². The Morgan fingerprint density at radius 2 is 2.00 bits per heavy atom. The van der Waals surface area contributed by atoms with E-state index in [2.05, 4.69) is 15.5 Å². The molecule has 0 saturated carbocycles. The van der Waals surface area contributed by atoms with Gasteiger partial charge in [-0.1, -0.05) is 11.6 Å². The number of hydrogen-bond donors (Lipinski definition) is 1. The van der Waals surface area contributed by atoms with Gasteiger partial charge in [-0.3, -0.25) is 19.7 Å². The molecule has 3 heterocycles. The van der Waals surface area contributed by atoms with Gasteiger partial charge in [0.05, 0.1) is 5.39 Å². The molecule has 7 nitrogen and oxygen atoms in total. The van der Waals surface area contributed by atoms with Gasteiger partial charge in [0.1, 0.15) is 21.4 Å². The van der Waals surface area contributed by atoms with Gasteiger partial charge in [0.2, 0.25) is 0 Å². The molecule has 0 atom stereocenters. The van der Waals surface area contributed by atoms with E-state index in [0.717, 1.165) is 16.6 Å². The molecule has 3 aromatic heterocycles. The van der Waals surface area contributed by atoms with Crippen molar-refractivity contribution in [2.45, 2.75) is 20.0 Å². The molecule has 0 unspecified atom stereocenters. The molecule has 0 saturated heterocycles. The number of alkyl halides is 3. The molecule has 26 heavy (non-hydrogen) atoms. The number of aromatic nitrogens is 4. The van der Waals surface area contributed by atoms with E-state index >= 15 is 0 Å². The van der Waals surface area contributed by atoms with Crippen molar-refractivity contribution >= 4 is 39.1 Å². The molecule has 1 amide bonds. The molecule has 0 fully saturated rings. The molecule has 0 spiro atoms. The van der Waals surface area contributed by atoms with Crippen LogP contribution in [0.5, 0.6) is 0 Å². The number of thiophene rings is 1. The zero-order valence-corrected chi connectivity index (χ0v) is 15.2. The maximum Gasteiger partial charge on any atom is 0.436 e. The number of fused-ring (bicyclic) bond motifs is 1. The van der Waals surface area contributed by atoms with Crippen LogP contribution in [-0.2, 0) is 13.2 Å². The fraction of sp³-hybridized carbons (Fsp3) is 0.286. The number of rotatable bonds is 2. The van der Waals surface area contributed by atoms with Crippen molar-refractivity contribution < 1.29 is 18.0 Å². The summed E-state index contributed by atoms with van der Waals surface area (Å²) in [6, 6.07) is 1.62. The van der Waals surface area contributed by atoms with Crippen LogP contribution in [0, 0.1) is 13.8 Å². The second-order valence-electron chi connectivity index (χ2n) is 5.45. The largest absolute Gasteiger partial charge is 0.436 e. The van der Waals surface area contributed by atoms with E-state index < -0.39 is 34.1 Å². The zero-order chi connectivity index (χ0) is 19.4. The number of hydrogen-bond acceptors (Lipinski definition) is 5. The predicted octanol–water partition coefficient (Wildman–Crippen LogP) is 2.86. The fourth-order valence-electron chi connectivity index (χ4n) is 2.41. The van der Waals surface area contributed by atoms with Crippen LogP contribution in [0.1, 0.15) is 26.9 Å². The Balaban J connectivity index is 2.06. The van der Waals surface area contributed by atoms with Gasteiger partial charge in [-0.15, -0.1) is 11.3 Å². The number of nitrogens with one attached hydrogen (secondary N) is 1. The molecule has 0 aliphatic rings. The molecule has 0 aliphatic carbocycles. The first kappa shape index (κ1) is 18.4. The second-order valence-corrected chi connectivity index (χ2v) is 7.06. The highest BCUT2D eigenvalue weighted by Gasteiger charge is 2.39. The number of carbonyl (C=O) groups is 1. The van der Waals surface area contributed by atoms with E-state index in [1.54, 1.807) is 13.0 Å². The van der Waals surface area contributed by atoms with Crippen molar-refractivity contribution in [1.29, 1.82) is 0 Å². The van der Waals surface area contributed by atoms with Gasteiger partial charge in [0.25, 0.3) is 11.5 Å². The Labute approximate surface area is 153 Å². The van der Waals surface area contributed by atoms with Crippen LogP contribution >= 0.6 is 22.9 Å². The first-order valence-corrected chi connectivity index (χ1v) is 8.31. The monoisotopic (exact) mass is 405 g/mol. The molecule has 12 heteroatoms. The average molecular weight is 406 g/mol. The summed E-state index contributed by atoms with van der Waals surface area (Å²) in [5.41, 5.74) is -0.203. The molecule has 0 aliphatic heterocycles. The van der Waals surface area contributed by atoms with Crippen molar-refractivity contribution in [3.8, 4) is 0 Å². The van der Waals surface area contributed by atoms with Crippen LogP contribution in [0.15, 0.2) is 10.9 Å². The third-order valence-corrected chi connectivity index (χ3v) is 4.84. The lowest BCUT2D eigenvalue weighted by molar-refractivity contribution is -0.141. The highest BCUT2D eigenvalue weighted by atomic mass is 35.5. The van der Waals surface area contributed by atoms with Gasteiger partial charge in [-0.25, -0.2) is 9.66 Å². The van der Waals surface area contributed by atoms with E-state index in [0.29, 0.717) is 14.9 Å². The Morgan fingerprint density at radius 3 is 2.58 bits per heavy atom. The van der Waals surface area contributed by atoms with Gasteiger partial charge in [-0.2, -0.15) is 18.3 Å². The number of nitrogens with zero attached hydrogens (tertiary/aromatic N) is 4. The number of aryl methyl sites for hydroxylation is 3. The fourth-order valence-corrected chi connectivity index (χ4v) is 3.68. The standard InChI is InChI=1S/C14H11ClF3N5O2S/c1-5-4-7-12(26-5)19-6(2)23(13(7)25)21-11(24)9-8(15)10(14(16,17)18)20-22(9)3/h4H,1-3H3,(H,21,24). The van der Waals surface area contributed by atoms with Gasteiger partial charge in [0.15, 0.2) is 5.69 Å². The minimum Gasteiger partial charge on any atom is -0.267 e. The lowest BCUT2D eigenvalue weighted by Crippen LogP contribution is -2.36. The maximum atomic E-state index is 12.9. The molecule has 1 N–H and O–H groups in total. The van der Waals surface area contributed by atoms with Crippen LogP contribution in [-0.4, -0.2) is 25.3 Å². The first-order chi connectivity index (χ1) is 12.0. The number of carbonyl (C=O) groups excluding carboxylic acids is 1. The molecular weight excluding hydrogens is 395 g/mol. The van der Waals surface area contributed by atoms with Crippen LogP contribution in [0.4, 0.5) is 13.2 Å². The van der Waals surface area contributed by atoms with Gasteiger partial charge in [0, 0.05) is 11.9 Å². The summed E-state index contributed by atoms with van der Waals surface area (Å²) < 4.78 is 40.2. The number of amides is 1. The SMILES string of the molecule is Cc1cc2c(=O)n(NC(=O)c3c(Cl)c(C(F)(F)F)nn3C)c(C)nc2s1. The molecular formula is C14H11ClF3N5O2S. The Morgan fingerprint density at radius 1 is 1.35 bits per heavy atom. The Bertz CT molecular complexity index is 1100. The quantitative estimate of drug-likeness (QED) is 0.710. The van der Waals surface area contributed by atoms with Gasteiger partial charge >= 0.3 is 6.18 Å². The van der Waals surface area contributed by atoms with Crippen molar-refractivity contribution in [3.63, 3.8) is 0 Å². The van der Waals surface area contributed by atoms with E-state index in [1.807, 2.05) is 0 Å². The van der Waals surface area contributed by atoms with Crippen molar-refractivity contribution in [3.05, 3.63) is 43.5 Å². The summed E-state index contributed by atoms with van der Waals surface area (Å²) >= 11 is 7.01. The topological polar surface area (TPSA) is 81.8 Å². The maximum absolute atomic E-state index is 12.9. The number of halogens is 4. The summed E-state index contributed by atoms with van der Waals surface area (Å²) in [4.78, 5) is 30.6. The van der Waals surface area contributed by atoms with Gasteiger partial charge in [-0.05, 0) is 19.9 Å². The van der Waals surface area contributed by atoms with E-state index in [9.17, 15) is 22.8 Å². The summed E-state index contributed by atoms with van der Waals surface area (Å²) in [5.74, 6) is -0.842. The smallest absolute Gasteiger partial charge is 0.267 e. The van der Waals surface area contributed by atoms with E-state index in [-0.39, 0.29) is 5.82 Å². The van der Waals surface area contributed by atoms with Gasteiger partial charge < -0.3 is 0 Å². The summed E-state index contributed by atoms with van der Waals surface area (Å²) in [6.07, 6.45) is -4.81. The van der Waals surface area contributed by atoms with E-state index in [4.69, 9.17) is 11.6 Å². The van der Waals surface area contributed by atoms with Crippen LogP contribution < -0.4 is 11.0 Å². The highest BCUT2D eigenvalue weighted by Crippen LogP contribution is 2.35. The van der Waals surface area contributed by atoms with Crippen molar-refractivity contribution in [2.24, 2.45) is 7.05 Å². The normalized spacial score (nSPS) is 12.0. The molecule has 0 aromatic carbocycles. The predicted molar refractivity (Wildman–Crippen MR) is 90.3 cm³/mol. The molecule has 3 aromatic rings. The lowest BCUT2D eigenvalue weighted by Gasteiger charge is -2.11. The van der Waals surface area contributed by atoms with Crippen molar-refractivity contribution in [2.75, 3.05) is 5.43 Å². The molecule has 0 radical (unpaired) electrons. The average Bonchev–Trinajstić information content (AvgIpc) is 3.02. The van der Waals surface area contributed by atoms with Crippen molar-refractivity contribution in [1.82, 2.24) is 19.4 Å². The minimum atomic E-state index is -4.81. The Kier molecular flexibility index (Phi) is 4.31. The summed E-state index contributed by atoms with van der Waals surface area (Å²) in [7, 11) is 1.15. The zero-order valence-electron chi connectivity index (χ0n) is 13.6. The third kappa shape index (κ3) is 2.97. The Hall–Kier alpha value is -2.40. The summed E-state index contributed by atoms with van der Waals surface area (Å²) in [6.45, 7) is 3.29. The lowest BCUT2D eigenvalue weighted by atomic mass is 10.3. The molecule has 0 bridgehead atoms. The van der Waals surface area contributed by atoms with Crippen LogP contribution in [0.3, 0.4) is 0 Å². The van der Waals surface area contributed by atoms with Crippen LogP contribution in [0.25, 0.3) is 10.2 Å². The molecule has 138 valence electrons. The minimum absolute atomic E-state index is 0.173. The highest BCUT2D eigenvalue weighted by molar-refractivity contribution is 7.18.